The van der Waals surface area contributed by atoms with Gasteiger partial charge in [0, 0.05) is 17.4 Å². The van der Waals surface area contributed by atoms with E-state index in [9.17, 15) is 4.79 Å². The Morgan fingerprint density at radius 2 is 1.70 bits per heavy atom. The van der Waals surface area contributed by atoms with Gasteiger partial charge in [0.2, 0.25) is 0 Å². The van der Waals surface area contributed by atoms with Gasteiger partial charge in [-0.15, -0.1) is 0 Å². The number of nitrogens with one attached hydrogen (secondary N) is 1. The van der Waals surface area contributed by atoms with Gasteiger partial charge in [0.25, 0.3) is 0 Å². The van der Waals surface area contributed by atoms with Crippen molar-refractivity contribution in [2.24, 2.45) is 0 Å². The van der Waals surface area contributed by atoms with Gasteiger partial charge in [-0.1, -0.05) is 48.5 Å². The third kappa shape index (κ3) is 4.04. The smallest absolute Gasteiger partial charge is 0.322 e. The summed E-state index contributed by atoms with van der Waals surface area (Å²) in [5, 5.41) is 8.00. The molecule has 3 heterocycles. The molecule has 2 aromatic heterocycles. The van der Waals surface area contributed by atoms with Crippen LogP contribution in [0.2, 0.25) is 0 Å². The van der Waals surface area contributed by atoms with Gasteiger partial charge in [0.15, 0.2) is 0 Å². The monoisotopic (exact) mass is 489 g/mol. The molecular weight excluding hydrogens is 462 g/mol. The second-order valence-corrected chi connectivity index (χ2v) is 9.04. The third-order valence-electron chi connectivity index (χ3n) is 6.78. The molecule has 0 spiro atoms. The van der Waals surface area contributed by atoms with Crippen molar-refractivity contribution in [3.8, 4) is 17.3 Å². The van der Waals surface area contributed by atoms with Crippen LogP contribution < -0.4 is 10.1 Å². The highest BCUT2D eigenvalue weighted by Gasteiger charge is 2.36. The number of benzene rings is 3. The minimum absolute atomic E-state index is 0.188. The van der Waals surface area contributed by atoms with E-state index < -0.39 is 0 Å². The van der Waals surface area contributed by atoms with Crippen LogP contribution in [0.3, 0.4) is 0 Å². The summed E-state index contributed by atoms with van der Waals surface area (Å²) >= 11 is 0. The van der Waals surface area contributed by atoms with Gasteiger partial charge in [-0.05, 0) is 61.0 Å². The van der Waals surface area contributed by atoms with E-state index in [2.05, 4.69) is 16.0 Å². The Bertz CT molecular complexity index is 1560. The molecule has 1 aliphatic rings. The van der Waals surface area contributed by atoms with E-state index in [1.807, 2.05) is 114 Å². The summed E-state index contributed by atoms with van der Waals surface area (Å²) in [7, 11) is 1.66. The number of aryl methyl sites for hydroxylation is 1. The van der Waals surface area contributed by atoms with Crippen molar-refractivity contribution in [1.82, 2.24) is 19.2 Å². The van der Waals surface area contributed by atoms with E-state index in [0.717, 1.165) is 45.5 Å². The van der Waals surface area contributed by atoms with Gasteiger partial charge in [0.1, 0.15) is 11.6 Å². The largest absolute Gasteiger partial charge is 0.497 e. The lowest BCUT2D eigenvalue weighted by Gasteiger charge is -2.31. The molecule has 1 aliphatic heterocycles. The topological polar surface area (TPSA) is 64.3 Å². The molecule has 0 fully saturated rings. The number of methoxy groups -OCH3 is 1. The second-order valence-electron chi connectivity index (χ2n) is 9.04. The molecule has 1 atom stereocenters. The van der Waals surface area contributed by atoms with Crippen LogP contribution in [0.15, 0.2) is 103 Å². The molecule has 0 unspecified atom stereocenters. The van der Waals surface area contributed by atoms with Crippen molar-refractivity contribution in [3.05, 3.63) is 126 Å². The normalized spacial score (nSPS) is 14.4. The third-order valence-corrected chi connectivity index (χ3v) is 6.78. The highest BCUT2D eigenvalue weighted by atomic mass is 16.5. The molecule has 0 saturated carbocycles. The van der Waals surface area contributed by atoms with E-state index in [4.69, 9.17) is 9.84 Å². The molecule has 0 bridgehead atoms. The number of nitrogens with zero attached hydrogens (tertiary/aromatic N) is 4. The first-order chi connectivity index (χ1) is 18.1. The zero-order valence-electron chi connectivity index (χ0n) is 20.7. The Balaban J connectivity index is 1.55. The van der Waals surface area contributed by atoms with Gasteiger partial charge >= 0.3 is 6.03 Å². The molecule has 7 nitrogen and oxygen atoms in total. The molecule has 2 amide bonds. The fraction of sp³-hybridized carbons (Fsp3) is 0.133. The van der Waals surface area contributed by atoms with Crippen molar-refractivity contribution in [2.75, 3.05) is 12.4 Å². The number of carbonyl (C=O) groups is 1. The summed E-state index contributed by atoms with van der Waals surface area (Å²) in [5.74, 6) is 1.68. The Kier molecular flexibility index (Phi) is 5.73. The maximum absolute atomic E-state index is 13.9. The van der Waals surface area contributed by atoms with Crippen molar-refractivity contribution in [2.45, 2.75) is 19.5 Å². The number of carbonyl (C=O) groups excluding carboxylic acids is 1. The minimum atomic E-state index is -0.357. The average molecular weight is 490 g/mol. The number of aromatic nitrogens is 3. The van der Waals surface area contributed by atoms with E-state index in [-0.39, 0.29) is 12.1 Å². The van der Waals surface area contributed by atoms with Gasteiger partial charge in [-0.3, -0.25) is 0 Å². The lowest BCUT2D eigenvalue weighted by molar-refractivity contribution is 0.194. The molecule has 0 aliphatic carbocycles. The van der Waals surface area contributed by atoms with Gasteiger partial charge in [-0.25, -0.2) is 9.48 Å². The van der Waals surface area contributed by atoms with Crippen LogP contribution in [-0.4, -0.2) is 32.4 Å². The summed E-state index contributed by atoms with van der Waals surface area (Å²) in [6.45, 7) is 2.39. The maximum Gasteiger partial charge on any atom is 0.322 e. The molecular formula is C30H27N5O2. The standard InChI is InChI=1S/C30H27N5O2/c1-21-26-20-34(30(36)31-23-12-5-3-6-13-23)28(22-11-9-16-25(19-22)37-2)27-17-10-18-33(27)29(26)35(32-21)24-14-7-4-8-15-24/h3-19,28H,20H2,1-2H3,(H,31,36)/t28-/m0/s1. The summed E-state index contributed by atoms with van der Waals surface area (Å²) in [6.07, 6.45) is 2.04. The Labute approximate surface area is 215 Å². The molecule has 1 N–H and O–H groups in total. The van der Waals surface area contributed by atoms with Crippen LogP contribution in [0.25, 0.3) is 11.5 Å². The molecule has 37 heavy (non-hydrogen) atoms. The molecule has 6 rings (SSSR count). The first kappa shape index (κ1) is 22.7. The van der Waals surface area contributed by atoms with Crippen LogP contribution >= 0.6 is 0 Å². The molecule has 0 radical (unpaired) electrons. The van der Waals surface area contributed by atoms with E-state index >= 15 is 0 Å². The summed E-state index contributed by atoms with van der Waals surface area (Å²) in [6, 6.07) is 31.1. The van der Waals surface area contributed by atoms with Crippen molar-refractivity contribution >= 4 is 11.7 Å². The zero-order valence-corrected chi connectivity index (χ0v) is 20.7. The first-order valence-corrected chi connectivity index (χ1v) is 12.2. The predicted octanol–water partition coefficient (Wildman–Crippen LogP) is 6.12. The maximum atomic E-state index is 13.9. The van der Waals surface area contributed by atoms with Crippen LogP contribution in [0.4, 0.5) is 10.5 Å². The fourth-order valence-electron chi connectivity index (χ4n) is 5.03. The first-order valence-electron chi connectivity index (χ1n) is 12.2. The summed E-state index contributed by atoms with van der Waals surface area (Å²) < 4.78 is 9.66. The number of rotatable bonds is 4. The SMILES string of the molecule is COc1cccc([C@H]2c3cccn3-c3c(c(C)nn3-c3ccccc3)CN2C(=O)Nc2ccccc2)c1. The molecule has 3 aromatic carbocycles. The van der Waals surface area contributed by atoms with Gasteiger partial charge < -0.3 is 19.5 Å². The molecule has 184 valence electrons. The number of para-hydroxylation sites is 2. The van der Waals surface area contributed by atoms with Crippen molar-refractivity contribution in [3.63, 3.8) is 0 Å². The summed E-state index contributed by atoms with van der Waals surface area (Å²) in [4.78, 5) is 15.8. The molecule has 7 heteroatoms. The number of amides is 2. The van der Waals surface area contributed by atoms with Crippen molar-refractivity contribution < 1.29 is 9.53 Å². The lowest BCUT2D eigenvalue weighted by Crippen LogP contribution is -2.38. The zero-order chi connectivity index (χ0) is 25.4. The van der Waals surface area contributed by atoms with E-state index in [1.54, 1.807) is 7.11 Å². The number of hydrogen-bond acceptors (Lipinski definition) is 3. The van der Waals surface area contributed by atoms with E-state index in [1.165, 1.54) is 0 Å². The molecule has 5 aromatic rings. The molecule has 0 saturated heterocycles. The van der Waals surface area contributed by atoms with Crippen LogP contribution in [0.5, 0.6) is 5.75 Å². The van der Waals surface area contributed by atoms with E-state index in [0.29, 0.717) is 6.54 Å². The van der Waals surface area contributed by atoms with Gasteiger partial charge in [-0.2, -0.15) is 5.10 Å². The number of ether oxygens (including phenoxy) is 1. The Morgan fingerprint density at radius 1 is 0.946 bits per heavy atom. The lowest BCUT2D eigenvalue weighted by atomic mass is 10.0. The van der Waals surface area contributed by atoms with Gasteiger partial charge in [0.05, 0.1) is 36.8 Å². The number of anilines is 1. The minimum Gasteiger partial charge on any atom is -0.497 e. The highest BCUT2D eigenvalue weighted by molar-refractivity contribution is 5.90. The predicted molar refractivity (Wildman–Crippen MR) is 143 cm³/mol. The fourth-order valence-corrected chi connectivity index (χ4v) is 5.03. The number of hydrogen-bond donors (Lipinski definition) is 1. The quantitative estimate of drug-likeness (QED) is 0.331. The Morgan fingerprint density at radius 3 is 2.46 bits per heavy atom. The summed E-state index contributed by atoms with van der Waals surface area (Å²) in [5.41, 5.74) is 5.51. The number of urea groups is 1. The second kappa shape index (κ2) is 9.35. The van der Waals surface area contributed by atoms with Crippen LogP contribution in [-0.2, 0) is 6.54 Å². The van der Waals surface area contributed by atoms with Crippen LogP contribution in [0.1, 0.15) is 28.6 Å². The number of fused-ring (bicyclic) bond motifs is 3. The van der Waals surface area contributed by atoms with Crippen LogP contribution in [0, 0.1) is 6.92 Å². The highest BCUT2D eigenvalue weighted by Crippen LogP contribution is 2.39. The Hall–Kier alpha value is -4.78. The average Bonchev–Trinajstić information content (AvgIpc) is 3.50. The van der Waals surface area contributed by atoms with Crippen molar-refractivity contribution in [1.29, 1.82) is 0 Å².